The molecule has 17 heavy (non-hydrogen) atoms. The summed E-state index contributed by atoms with van der Waals surface area (Å²) in [5, 5.41) is 3.37. The molecule has 0 aromatic heterocycles. The number of amides is 1. The van der Waals surface area contributed by atoms with E-state index in [0.29, 0.717) is 6.04 Å². The van der Waals surface area contributed by atoms with E-state index in [-0.39, 0.29) is 11.9 Å². The van der Waals surface area contributed by atoms with Crippen LogP contribution in [0.2, 0.25) is 0 Å². The number of carbonyl (C=O) groups is 1. The maximum Gasteiger partial charge on any atom is 0.239 e. The second-order valence-electron chi connectivity index (χ2n) is 4.92. The molecular weight excluding hydrogens is 214 g/mol. The van der Waals surface area contributed by atoms with Crippen molar-refractivity contribution in [2.45, 2.75) is 45.7 Å². The first-order chi connectivity index (χ1) is 8.10. The molecule has 0 saturated carbocycles. The lowest BCUT2D eigenvalue weighted by atomic mass is 10.2. The molecule has 1 fully saturated rings. The van der Waals surface area contributed by atoms with Gasteiger partial charge in [-0.2, -0.15) is 0 Å². The third-order valence-corrected chi connectivity index (χ3v) is 3.78. The highest BCUT2D eigenvalue weighted by Gasteiger charge is 2.23. The van der Waals surface area contributed by atoms with E-state index in [9.17, 15) is 4.79 Å². The van der Waals surface area contributed by atoms with Crippen LogP contribution in [0.1, 0.15) is 33.6 Å². The van der Waals surface area contributed by atoms with Crippen LogP contribution in [0.5, 0.6) is 0 Å². The molecule has 1 aliphatic rings. The van der Waals surface area contributed by atoms with Crippen molar-refractivity contribution in [2.24, 2.45) is 0 Å². The van der Waals surface area contributed by atoms with Crippen LogP contribution < -0.4 is 5.32 Å². The Morgan fingerprint density at radius 3 is 2.59 bits per heavy atom. The quantitative estimate of drug-likeness (QED) is 0.751. The zero-order valence-corrected chi connectivity index (χ0v) is 11.7. The lowest BCUT2D eigenvalue weighted by Crippen LogP contribution is -2.48. The number of likely N-dealkylation sites (tertiary alicyclic amines) is 1. The molecule has 4 nitrogen and oxygen atoms in total. The van der Waals surface area contributed by atoms with E-state index in [1.165, 1.54) is 19.4 Å². The second kappa shape index (κ2) is 6.97. The van der Waals surface area contributed by atoms with Crippen molar-refractivity contribution >= 4 is 5.91 Å². The SMILES string of the molecule is CCN(CC)C(=O)C(C)NCC1CCCN1C. The molecule has 0 aromatic rings. The minimum Gasteiger partial charge on any atom is -0.342 e. The Hall–Kier alpha value is -0.610. The fraction of sp³-hybridized carbons (Fsp3) is 0.923. The van der Waals surface area contributed by atoms with Crippen molar-refractivity contribution in [2.75, 3.05) is 33.2 Å². The Kier molecular flexibility index (Phi) is 5.92. The number of hydrogen-bond donors (Lipinski definition) is 1. The molecule has 1 rings (SSSR count). The fourth-order valence-corrected chi connectivity index (χ4v) is 2.45. The van der Waals surface area contributed by atoms with Gasteiger partial charge in [-0.25, -0.2) is 0 Å². The molecular formula is C13H27N3O. The third kappa shape index (κ3) is 3.96. The van der Waals surface area contributed by atoms with Gasteiger partial charge in [0.15, 0.2) is 0 Å². The summed E-state index contributed by atoms with van der Waals surface area (Å²) in [6.45, 7) is 9.72. The summed E-state index contributed by atoms with van der Waals surface area (Å²) in [6.07, 6.45) is 2.52. The first-order valence-electron chi connectivity index (χ1n) is 6.82. The highest BCUT2D eigenvalue weighted by Crippen LogP contribution is 2.13. The average Bonchev–Trinajstić information content (AvgIpc) is 2.73. The fourth-order valence-electron chi connectivity index (χ4n) is 2.45. The number of hydrogen-bond acceptors (Lipinski definition) is 3. The van der Waals surface area contributed by atoms with Crippen LogP contribution in [0, 0.1) is 0 Å². The van der Waals surface area contributed by atoms with Crippen LogP contribution in [0.15, 0.2) is 0 Å². The largest absolute Gasteiger partial charge is 0.342 e. The zero-order chi connectivity index (χ0) is 12.8. The van der Waals surface area contributed by atoms with Gasteiger partial charge in [0.2, 0.25) is 5.91 Å². The van der Waals surface area contributed by atoms with Crippen molar-refractivity contribution in [1.82, 2.24) is 15.1 Å². The van der Waals surface area contributed by atoms with E-state index in [1.807, 2.05) is 25.7 Å². The van der Waals surface area contributed by atoms with E-state index >= 15 is 0 Å². The van der Waals surface area contributed by atoms with Crippen LogP contribution >= 0.6 is 0 Å². The van der Waals surface area contributed by atoms with Crippen molar-refractivity contribution in [3.05, 3.63) is 0 Å². The predicted octanol–water partition coefficient (Wildman–Crippen LogP) is 0.927. The molecule has 2 atom stereocenters. The summed E-state index contributed by atoms with van der Waals surface area (Å²) in [4.78, 5) is 16.3. The zero-order valence-electron chi connectivity index (χ0n) is 11.7. The first-order valence-corrected chi connectivity index (χ1v) is 6.82. The minimum atomic E-state index is -0.0658. The molecule has 1 N–H and O–H groups in total. The van der Waals surface area contributed by atoms with Gasteiger partial charge in [-0.15, -0.1) is 0 Å². The van der Waals surface area contributed by atoms with Gasteiger partial charge in [0.1, 0.15) is 0 Å². The average molecular weight is 241 g/mol. The molecule has 0 aromatic carbocycles. The molecule has 0 bridgehead atoms. The normalized spacial score (nSPS) is 22.7. The summed E-state index contributed by atoms with van der Waals surface area (Å²) in [5.74, 6) is 0.218. The standard InChI is InChI=1S/C13H27N3O/c1-5-16(6-2)13(17)11(3)14-10-12-8-7-9-15(12)4/h11-12,14H,5-10H2,1-4H3. The number of carbonyl (C=O) groups excluding carboxylic acids is 1. The molecule has 1 heterocycles. The summed E-state index contributed by atoms with van der Waals surface area (Å²) in [5.41, 5.74) is 0. The van der Waals surface area contributed by atoms with Crippen LogP contribution in [-0.2, 0) is 4.79 Å². The first kappa shape index (κ1) is 14.5. The third-order valence-electron chi connectivity index (χ3n) is 3.78. The van der Waals surface area contributed by atoms with E-state index in [0.717, 1.165) is 19.6 Å². The van der Waals surface area contributed by atoms with Crippen molar-refractivity contribution < 1.29 is 4.79 Å². The van der Waals surface area contributed by atoms with Gasteiger partial charge in [0, 0.05) is 25.7 Å². The summed E-state index contributed by atoms with van der Waals surface area (Å²) < 4.78 is 0. The van der Waals surface area contributed by atoms with Gasteiger partial charge in [-0.3, -0.25) is 4.79 Å². The van der Waals surface area contributed by atoms with E-state index in [4.69, 9.17) is 0 Å². The van der Waals surface area contributed by atoms with Gasteiger partial charge in [0.05, 0.1) is 6.04 Å². The van der Waals surface area contributed by atoms with Crippen molar-refractivity contribution in [3.63, 3.8) is 0 Å². The lowest BCUT2D eigenvalue weighted by molar-refractivity contribution is -0.132. The Morgan fingerprint density at radius 2 is 2.12 bits per heavy atom. The predicted molar refractivity (Wildman–Crippen MR) is 71.0 cm³/mol. The number of nitrogens with zero attached hydrogens (tertiary/aromatic N) is 2. The van der Waals surface area contributed by atoms with Gasteiger partial charge in [-0.05, 0) is 47.2 Å². The van der Waals surface area contributed by atoms with Crippen LogP contribution in [0.25, 0.3) is 0 Å². The maximum absolute atomic E-state index is 12.0. The highest BCUT2D eigenvalue weighted by molar-refractivity contribution is 5.81. The minimum absolute atomic E-state index is 0.0658. The maximum atomic E-state index is 12.0. The summed E-state index contributed by atoms with van der Waals surface area (Å²) in [6, 6.07) is 0.533. The van der Waals surface area contributed by atoms with Gasteiger partial charge >= 0.3 is 0 Å². The Morgan fingerprint density at radius 1 is 1.47 bits per heavy atom. The van der Waals surface area contributed by atoms with Gasteiger partial charge < -0.3 is 15.1 Å². The Balaban J connectivity index is 2.33. The molecule has 1 aliphatic heterocycles. The van der Waals surface area contributed by atoms with Crippen LogP contribution in [0.4, 0.5) is 0 Å². The van der Waals surface area contributed by atoms with E-state index < -0.39 is 0 Å². The monoisotopic (exact) mass is 241 g/mol. The Labute approximate surface area is 105 Å². The second-order valence-corrected chi connectivity index (χ2v) is 4.92. The number of nitrogens with one attached hydrogen (secondary N) is 1. The lowest BCUT2D eigenvalue weighted by Gasteiger charge is -2.26. The van der Waals surface area contributed by atoms with Crippen molar-refractivity contribution in [1.29, 1.82) is 0 Å². The Bertz CT molecular complexity index is 241. The van der Waals surface area contributed by atoms with E-state index in [1.54, 1.807) is 0 Å². The van der Waals surface area contributed by atoms with E-state index in [2.05, 4.69) is 17.3 Å². The number of rotatable bonds is 6. The van der Waals surface area contributed by atoms with Crippen LogP contribution in [-0.4, -0.2) is 61.0 Å². The summed E-state index contributed by atoms with van der Waals surface area (Å²) in [7, 11) is 2.16. The number of likely N-dealkylation sites (N-methyl/N-ethyl adjacent to an activating group) is 2. The highest BCUT2D eigenvalue weighted by atomic mass is 16.2. The molecule has 1 saturated heterocycles. The molecule has 100 valence electrons. The van der Waals surface area contributed by atoms with Crippen LogP contribution in [0.3, 0.4) is 0 Å². The molecule has 0 aliphatic carbocycles. The molecule has 0 radical (unpaired) electrons. The molecule has 4 heteroatoms. The molecule has 1 amide bonds. The summed E-state index contributed by atoms with van der Waals surface area (Å²) >= 11 is 0. The van der Waals surface area contributed by atoms with Gasteiger partial charge in [-0.1, -0.05) is 0 Å². The topological polar surface area (TPSA) is 35.6 Å². The molecule has 0 spiro atoms. The molecule has 2 unspecified atom stereocenters. The van der Waals surface area contributed by atoms with Gasteiger partial charge in [0.25, 0.3) is 0 Å². The smallest absolute Gasteiger partial charge is 0.239 e. The van der Waals surface area contributed by atoms with Crippen molar-refractivity contribution in [3.8, 4) is 0 Å².